The average molecular weight is 269 g/mol. The number of hydrogen-bond donors (Lipinski definition) is 1. The number of thiazole rings is 1. The van der Waals surface area contributed by atoms with Crippen LogP contribution in [-0.2, 0) is 0 Å². The molecule has 0 unspecified atom stereocenters. The molecule has 1 N–H and O–H groups in total. The van der Waals surface area contributed by atoms with Crippen molar-refractivity contribution in [2.75, 3.05) is 0 Å². The van der Waals surface area contributed by atoms with E-state index in [0.717, 1.165) is 0 Å². The predicted molar refractivity (Wildman–Crippen MR) is 62.2 cm³/mol. The summed E-state index contributed by atoms with van der Waals surface area (Å²) in [5.74, 6) is -0.797. The lowest BCUT2D eigenvalue weighted by Crippen LogP contribution is -2.07. The lowest BCUT2D eigenvalue weighted by molar-refractivity contribution is 0.0689. The normalized spacial score (nSPS) is 11.1. The van der Waals surface area contributed by atoms with Gasteiger partial charge in [0.1, 0.15) is 0 Å². The topological polar surface area (TPSA) is 72.4 Å². The Morgan fingerprint density at radius 3 is 3.00 bits per heavy atom. The highest BCUT2D eigenvalue weighted by molar-refractivity contribution is 7.15. The number of rotatable bonds is 2. The Morgan fingerprint density at radius 1 is 1.53 bits per heavy atom. The molecule has 0 spiro atoms. The summed E-state index contributed by atoms with van der Waals surface area (Å²) in [4.78, 5) is 16.1. The molecule has 0 atom stereocenters. The van der Waals surface area contributed by atoms with E-state index in [1.165, 1.54) is 32.8 Å². The monoisotopic (exact) mass is 268 g/mol. The van der Waals surface area contributed by atoms with Crippen LogP contribution in [0.4, 0.5) is 0 Å². The molecule has 86 valence electrons. The highest BCUT2D eigenvalue weighted by Crippen LogP contribution is 2.21. The molecule has 0 amide bonds. The van der Waals surface area contributed by atoms with E-state index in [1.54, 1.807) is 11.6 Å². The van der Waals surface area contributed by atoms with Crippen LogP contribution in [0.5, 0.6) is 0 Å². The van der Waals surface area contributed by atoms with E-state index in [9.17, 15) is 9.90 Å². The van der Waals surface area contributed by atoms with Crippen molar-refractivity contribution in [3.05, 3.63) is 34.7 Å². The molecule has 0 bridgehead atoms. The molecule has 17 heavy (non-hydrogen) atoms. The number of carbonyl (C=O) groups is 1. The highest BCUT2D eigenvalue weighted by Gasteiger charge is 2.21. The highest BCUT2D eigenvalue weighted by atomic mass is 35.5. The van der Waals surface area contributed by atoms with Crippen molar-refractivity contribution in [3.8, 4) is 5.82 Å². The lowest BCUT2D eigenvalue weighted by Gasteiger charge is -1.98. The number of aromatic carboxylic acids is 1. The number of carboxylic acid groups (broad SMARTS) is 1. The van der Waals surface area contributed by atoms with Crippen LogP contribution in [0.1, 0.15) is 10.5 Å². The first-order chi connectivity index (χ1) is 8.16. The van der Waals surface area contributed by atoms with Gasteiger partial charge in [-0.1, -0.05) is 11.6 Å². The lowest BCUT2D eigenvalue weighted by atomic mass is 10.4. The maximum absolute atomic E-state index is 11.2. The quantitative estimate of drug-likeness (QED) is 0.771. The molecular formula is C9H5ClN4O2S. The number of hydrogen-bond acceptors (Lipinski definition) is 4. The summed E-state index contributed by atoms with van der Waals surface area (Å²) in [5.41, 5.74) is 0.0704. The van der Waals surface area contributed by atoms with Gasteiger partial charge >= 0.3 is 5.97 Å². The van der Waals surface area contributed by atoms with E-state index in [0.29, 0.717) is 9.98 Å². The third-order valence-electron chi connectivity index (χ3n) is 2.21. The van der Waals surface area contributed by atoms with E-state index in [4.69, 9.17) is 11.6 Å². The molecule has 3 aromatic rings. The third-order valence-corrected chi connectivity index (χ3v) is 3.17. The first-order valence-electron chi connectivity index (χ1n) is 4.56. The standard InChI is InChI=1S/C9H5ClN4O2S/c10-5-3-11-14(4-5)7-6(8(15)16)13-1-2-17-9(13)12-7/h1-4H,(H,15,16). The second kappa shape index (κ2) is 3.57. The van der Waals surface area contributed by atoms with Gasteiger partial charge < -0.3 is 5.11 Å². The minimum Gasteiger partial charge on any atom is -0.476 e. The summed E-state index contributed by atoms with van der Waals surface area (Å²) < 4.78 is 2.86. The molecule has 0 saturated carbocycles. The fraction of sp³-hybridized carbons (Fsp3) is 0. The molecule has 3 rings (SSSR count). The summed E-state index contributed by atoms with van der Waals surface area (Å²) in [6.45, 7) is 0. The van der Waals surface area contributed by atoms with Gasteiger partial charge in [0.25, 0.3) is 0 Å². The van der Waals surface area contributed by atoms with Gasteiger partial charge in [0.15, 0.2) is 16.5 Å². The van der Waals surface area contributed by atoms with Gasteiger partial charge in [-0.15, -0.1) is 11.3 Å². The molecule has 0 aliphatic carbocycles. The van der Waals surface area contributed by atoms with Gasteiger partial charge in [-0.2, -0.15) is 10.1 Å². The molecule has 0 aliphatic heterocycles. The van der Waals surface area contributed by atoms with Crippen molar-refractivity contribution in [1.29, 1.82) is 0 Å². The summed E-state index contributed by atoms with van der Waals surface area (Å²) in [6.07, 6.45) is 4.60. The van der Waals surface area contributed by atoms with Crippen LogP contribution in [-0.4, -0.2) is 30.2 Å². The van der Waals surface area contributed by atoms with Crippen molar-refractivity contribution >= 4 is 33.9 Å². The summed E-state index contributed by atoms with van der Waals surface area (Å²) in [7, 11) is 0. The molecule has 0 fully saturated rings. The Bertz CT molecular complexity index is 714. The van der Waals surface area contributed by atoms with Crippen LogP contribution in [0, 0.1) is 0 Å². The Balaban J connectivity index is 2.31. The number of carboxylic acids is 1. The largest absolute Gasteiger partial charge is 0.476 e. The summed E-state index contributed by atoms with van der Waals surface area (Å²) in [5, 5.41) is 15.4. The van der Waals surface area contributed by atoms with Gasteiger partial charge in [0.2, 0.25) is 0 Å². The smallest absolute Gasteiger partial charge is 0.356 e. The summed E-state index contributed by atoms with van der Waals surface area (Å²) >= 11 is 7.11. The van der Waals surface area contributed by atoms with Crippen molar-refractivity contribution in [1.82, 2.24) is 19.2 Å². The van der Waals surface area contributed by atoms with Crippen LogP contribution in [0.3, 0.4) is 0 Å². The van der Waals surface area contributed by atoms with Crippen molar-refractivity contribution in [3.63, 3.8) is 0 Å². The second-order valence-corrected chi connectivity index (χ2v) is 4.56. The van der Waals surface area contributed by atoms with Crippen LogP contribution in [0.15, 0.2) is 24.0 Å². The first kappa shape index (κ1) is 10.3. The molecule has 6 nitrogen and oxygen atoms in total. The Kier molecular flexibility index (Phi) is 2.17. The maximum Gasteiger partial charge on any atom is 0.356 e. The van der Waals surface area contributed by atoms with Crippen LogP contribution in [0.25, 0.3) is 10.8 Å². The van der Waals surface area contributed by atoms with Crippen LogP contribution >= 0.6 is 22.9 Å². The maximum atomic E-state index is 11.2. The number of aromatic nitrogens is 4. The molecular weight excluding hydrogens is 264 g/mol. The number of imidazole rings is 1. The SMILES string of the molecule is O=C(O)c1c(-n2cc(Cl)cn2)nc2sccn12. The zero-order valence-corrected chi connectivity index (χ0v) is 9.81. The van der Waals surface area contributed by atoms with Gasteiger partial charge in [-0.05, 0) is 0 Å². The molecule has 0 aliphatic rings. The van der Waals surface area contributed by atoms with Crippen molar-refractivity contribution in [2.24, 2.45) is 0 Å². The zero-order valence-electron chi connectivity index (χ0n) is 8.24. The number of nitrogens with zero attached hydrogens (tertiary/aromatic N) is 4. The molecule has 0 saturated heterocycles. The van der Waals surface area contributed by atoms with E-state index < -0.39 is 5.97 Å². The Labute approximate surface area is 104 Å². The molecule has 3 aromatic heterocycles. The van der Waals surface area contributed by atoms with Crippen molar-refractivity contribution < 1.29 is 9.90 Å². The minimum absolute atomic E-state index is 0.0704. The molecule has 0 radical (unpaired) electrons. The molecule has 0 aromatic carbocycles. The minimum atomic E-state index is -1.06. The second-order valence-electron chi connectivity index (χ2n) is 3.25. The van der Waals surface area contributed by atoms with Crippen LogP contribution in [0.2, 0.25) is 5.02 Å². The van der Waals surface area contributed by atoms with Gasteiger partial charge in [0, 0.05) is 11.6 Å². The molecule has 3 heterocycles. The van der Waals surface area contributed by atoms with E-state index in [2.05, 4.69) is 10.1 Å². The number of halogens is 1. The van der Waals surface area contributed by atoms with E-state index in [1.807, 2.05) is 0 Å². The van der Waals surface area contributed by atoms with Gasteiger partial charge in [0.05, 0.1) is 17.4 Å². The number of fused-ring (bicyclic) bond motifs is 1. The average Bonchev–Trinajstić information content (AvgIpc) is 2.88. The predicted octanol–water partition coefficient (Wildman–Crippen LogP) is 1.93. The zero-order chi connectivity index (χ0) is 12.0. The van der Waals surface area contributed by atoms with Gasteiger partial charge in [-0.3, -0.25) is 4.40 Å². The fourth-order valence-electron chi connectivity index (χ4n) is 1.55. The van der Waals surface area contributed by atoms with Gasteiger partial charge in [-0.25, -0.2) is 9.48 Å². The Hall–Kier alpha value is -1.86. The van der Waals surface area contributed by atoms with Crippen LogP contribution < -0.4 is 0 Å². The summed E-state index contributed by atoms with van der Waals surface area (Å²) in [6, 6.07) is 0. The van der Waals surface area contributed by atoms with E-state index >= 15 is 0 Å². The third kappa shape index (κ3) is 1.51. The van der Waals surface area contributed by atoms with E-state index in [-0.39, 0.29) is 11.5 Å². The molecule has 8 heteroatoms. The van der Waals surface area contributed by atoms with Crippen molar-refractivity contribution in [2.45, 2.75) is 0 Å². The Morgan fingerprint density at radius 2 is 2.35 bits per heavy atom. The first-order valence-corrected chi connectivity index (χ1v) is 5.82. The fourth-order valence-corrected chi connectivity index (χ4v) is 2.39.